The summed E-state index contributed by atoms with van der Waals surface area (Å²) in [7, 11) is 1.65. The van der Waals surface area contributed by atoms with Gasteiger partial charge < -0.3 is 14.2 Å². The molecule has 2 aromatic carbocycles. The van der Waals surface area contributed by atoms with Crippen molar-refractivity contribution in [3.63, 3.8) is 0 Å². The molecule has 30 heavy (non-hydrogen) atoms. The highest BCUT2D eigenvalue weighted by atomic mass is 16.5. The van der Waals surface area contributed by atoms with E-state index in [2.05, 4.69) is 10.1 Å². The first-order valence-corrected chi connectivity index (χ1v) is 10.5. The van der Waals surface area contributed by atoms with Crippen molar-refractivity contribution in [2.75, 3.05) is 13.7 Å². The zero-order chi connectivity index (χ0) is 20.7. The van der Waals surface area contributed by atoms with Gasteiger partial charge >= 0.3 is 0 Å². The number of benzene rings is 2. The van der Waals surface area contributed by atoms with E-state index in [1.54, 1.807) is 7.11 Å². The number of methoxy groups -OCH3 is 1. The molecule has 0 spiro atoms. The van der Waals surface area contributed by atoms with Crippen molar-refractivity contribution in [1.29, 1.82) is 0 Å². The fraction of sp³-hybridized carbons (Fsp3) is 0.375. The largest absolute Gasteiger partial charge is 0.497 e. The van der Waals surface area contributed by atoms with Crippen LogP contribution in [0.5, 0.6) is 5.75 Å². The first-order chi connectivity index (χ1) is 14.6. The number of nitrogens with zero attached hydrogens (tertiary/aromatic N) is 3. The van der Waals surface area contributed by atoms with E-state index < -0.39 is 5.41 Å². The van der Waals surface area contributed by atoms with Gasteiger partial charge in [-0.05, 0) is 50.3 Å². The van der Waals surface area contributed by atoms with Gasteiger partial charge in [0.05, 0.1) is 12.5 Å². The second kappa shape index (κ2) is 7.27. The van der Waals surface area contributed by atoms with Crippen LogP contribution in [0.2, 0.25) is 0 Å². The summed E-state index contributed by atoms with van der Waals surface area (Å²) in [6.45, 7) is 2.77. The van der Waals surface area contributed by atoms with Gasteiger partial charge in [-0.2, -0.15) is 4.98 Å². The first kappa shape index (κ1) is 18.9. The Morgan fingerprint density at radius 1 is 1.13 bits per heavy atom. The van der Waals surface area contributed by atoms with Crippen LogP contribution in [0.1, 0.15) is 48.7 Å². The lowest BCUT2D eigenvalue weighted by molar-refractivity contribution is -0.135. The summed E-state index contributed by atoms with van der Waals surface area (Å²) in [5.74, 6) is 2.07. The molecule has 3 aromatic rings. The van der Waals surface area contributed by atoms with Crippen molar-refractivity contribution in [2.24, 2.45) is 0 Å². The standard InChI is InChI=1S/C24H25N3O3/c1-16-5-7-17(8-6-16)21-25-22(30-26-21)20-4-3-15-27(20)23(28)24(13-14-24)18-9-11-19(29-2)12-10-18/h5-12,20H,3-4,13-15H2,1-2H3/t20-/m0/s1. The zero-order valence-corrected chi connectivity index (χ0v) is 17.3. The van der Waals surface area contributed by atoms with Gasteiger partial charge in [-0.3, -0.25) is 4.79 Å². The second-order valence-corrected chi connectivity index (χ2v) is 8.29. The Bertz CT molecular complexity index is 1050. The third-order valence-corrected chi connectivity index (χ3v) is 6.35. The van der Waals surface area contributed by atoms with E-state index in [4.69, 9.17) is 9.26 Å². The van der Waals surface area contributed by atoms with E-state index in [-0.39, 0.29) is 11.9 Å². The predicted molar refractivity (Wildman–Crippen MR) is 112 cm³/mol. The van der Waals surface area contributed by atoms with E-state index in [0.717, 1.165) is 49.1 Å². The van der Waals surface area contributed by atoms with E-state index in [9.17, 15) is 4.79 Å². The molecule has 6 heteroatoms. The predicted octanol–water partition coefficient (Wildman–Crippen LogP) is 4.45. The molecule has 1 atom stereocenters. The molecule has 5 rings (SSSR count). The number of hydrogen-bond donors (Lipinski definition) is 0. The lowest BCUT2D eigenvalue weighted by Crippen LogP contribution is -2.39. The third-order valence-electron chi connectivity index (χ3n) is 6.35. The fourth-order valence-corrected chi connectivity index (χ4v) is 4.39. The molecule has 6 nitrogen and oxygen atoms in total. The number of amides is 1. The fourth-order valence-electron chi connectivity index (χ4n) is 4.39. The number of rotatable bonds is 5. The van der Waals surface area contributed by atoms with Crippen LogP contribution in [0.4, 0.5) is 0 Å². The zero-order valence-electron chi connectivity index (χ0n) is 17.3. The van der Waals surface area contributed by atoms with Crippen molar-refractivity contribution >= 4 is 5.91 Å². The number of carbonyl (C=O) groups is 1. The summed E-state index contributed by atoms with van der Waals surface area (Å²) in [5.41, 5.74) is 2.74. The molecule has 0 radical (unpaired) electrons. The molecule has 1 aliphatic carbocycles. The third kappa shape index (κ3) is 3.16. The highest BCUT2D eigenvalue weighted by molar-refractivity contribution is 5.91. The van der Waals surface area contributed by atoms with Gasteiger partial charge in [0, 0.05) is 12.1 Å². The average Bonchev–Trinajstić information content (AvgIpc) is 3.20. The van der Waals surface area contributed by atoms with Crippen LogP contribution in [-0.4, -0.2) is 34.6 Å². The molecule has 2 fully saturated rings. The van der Waals surface area contributed by atoms with Gasteiger partial charge in [-0.25, -0.2) is 0 Å². The van der Waals surface area contributed by atoms with Crippen molar-refractivity contribution in [2.45, 2.75) is 44.1 Å². The highest BCUT2D eigenvalue weighted by Crippen LogP contribution is 2.51. The summed E-state index contributed by atoms with van der Waals surface area (Å²) in [5, 5.41) is 4.17. The molecule has 2 aliphatic rings. The molecular formula is C24H25N3O3. The normalized spacial score (nSPS) is 19.7. The SMILES string of the molecule is COc1ccc(C2(C(=O)N3CCC[C@H]3c3nc(-c4ccc(C)cc4)no3)CC2)cc1. The summed E-state index contributed by atoms with van der Waals surface area (Å²) in [6, 6.07) is 15.8. The van der Waals surface area contributed by atoms with Gasteiger partial charge in [0.2, 0.25) is 17.6 Å². The summed E-state index contributed by atoms with van der Waals surface area (Å²) in [6.07, 6.45) is 3.54. The van der Waals surface area contributed by atoms with Gasteiger partial charge in [0.1, 0.15) is 11.8 Å². The van der Waals surface area contributed by atoms with E-state index in [1.807, 2.05) is 60.4 Å². The van der Waals surface area contributed by atoms with Gasteiger partial charge in [-0.1, -0.05) is 47.1 Å². The number of aromatic nitrogens is 2. The lowest BCUT2D eigenvalue weighted by Gasteiger charge is -2.27. The molecular weight excluding hydrogens is 378 g/mol. The van der Waals surface area contributed by atoms with Gasteiger partial charge in [0.25, 0.3) is 0 Å². The van der Waals surface area contributed by atoms with Crippen molar-refractivity contribution in [3.8, 4) is 17.1 Å². The Morgan fingerprint density at radius 2 is 1.87 bits per heavy atom. The van der Waals surface area contributed by atoms with Crippen molar-refractivity contribution in [1.82, 2.24) is 15.0 Å². The molecule has 0 unspecified atom stereocenters. The van der Waals surface area contributed by atoms with E-state index >= 15 is 0 Å². The summed E-state index contributed by atoms with van der Waals surface area (Å²) in [4.78, 5) is 20.2. The Kier molecular flexibility index (Phi) is 4.57. The van der Waals surface area contributed by atoms with Crippen LogP contribution in [0.25, 0.3) is 11.4 Å². The quantitative estimate of drug-likeness (QED) is 0.630. The minimum absolute atomic E-state index is 0.153. The maximum Gasteiger partial charge on any atom is 0.249 e. The Balaban J connectivity index is 1.38. The molecule has 2 heterocycles. The monoisotopic (exact) mass is 403 g/mol. The van der Waals surface area contributed by atoms with Crippen LogP contribution >= 0.6 is 0 Å². The first-order valence-electron chi connectivity index (χ1n) is 10.5. The topological polar surface area (TPSA) is 68.5 Å². The van der Waals surface area contributed by atoms with Crippen LogP contribution < -0.4 is 4.74 Å². The smallest absolute Gasteiger partial charge is 0.249 e. The van der Waals surface area contributed by atoms with Gasteiger partial charge in [-0.15, -0.1) is 0 Å². The maximum atomic E-state index is 13.6. The number of carbonyl (C=O) groups excluding carboxylic acids is 1. The average molecular weight is 403 g/mol. The van der Waals surface area contributed by atoms with Gasteiger partial charge in [0.15, 0.2) is 0 Å². The number of hydrogen-bond acceptors (Lipinski definition) is 5. The molecule has 1 aromatic heterocycles. The van der Waals surface area contributed by atoms with Crippen LogP contribution in [0.3, 0.4) is 0 Å². The molecule has 0 bridgehead atoms. The molecule has 1 saturated heterocycles. The van der Waals surface area contributed by atoms with E-state index in [1.165, 1.54) is 5.56 Å². The number of likely N-dealkylation sites (tertiary alicyclic amines) is 1. The van der Waals surface area contributed by atoms with Crippen LogP contribution in [0.15, 0.2) is 53.1 Å². The second-order valence-electron chi connectivity index (χ2n) is 8.29. The Morgan fingerprint density at radius 3 is 2.53 bits per heavy atom. The minimum Gasteiger partial charge on any atom is -0.497 e. The highest BCUT2D eigenvalue weighted by Gasteiger charge is 2.55. The Labute approximate surface area is 175 Å². The van der Waals surface area contributed by atoms with Crippen molar-refractivity contribution < 1.29 is 14.1 Å². The minimum atomic E-state index is -0.422. The lowest BCUT2D eigenvalue weighted by atomic mass is 9.94. The molecule has 154 valence electrons. The molecule has 1 saturated carbocycles. The van der Waals surface area contributed by atoms with Crippen LogP contribution in [-0.2, 0) is 10.2 Å². The number of ether oxygens (including phenoxy) is 1. The number of aryl methyl sites for hydroxylation is 1. The molecule has 1 aliphatic heterocycles. The molecule has 0 N–H and O–H groups in total. The summed E-state index contributed by atoms with van der Waals surface area (Å²) < 4.78 is 10.9. The summed E-state index contributed by atoms with van der Waals surface area (Å²) >= 11 is 0. The Hall–Kier alpha value is -3.15. The maximum absolute atomic E-state index is 13.6. The van der Waals surface area contributed by atoms with Crippen molar-refractivity contribution in [3.05, 3.63) is 65.5 Å². The van der Waals surface area contributed by atoms with Crippen LogP contribution in [0, 0.1) is 6.92 Å². The molecule has 1 amide bonds. The van der Waals surface area contributed by atoms with E-state index in [0.29, 0.717) is 11.7 Å².